The van der Waals surface area contributed by atoms with Gasteiger partial charge in [-0.3, -0.25) is 4.79 Å². The third kappa shape index (κ3) is 4.46. The monoisotopic (exact) mass is 291 g/mol. The number of para-hydroxylation sites is 1. The van der Waals surface area contributed by atoms with Gasteiger partial charge >= 0.3 is 0 Å². The molecule has 0 aromatic heterocycles. The molecule has 4 nitrogen and oxygen atoms in total. The van der Waals surface area contributed by atoms with Crippen LogP contribution < -0.4 is 4.74 Å². The Morgan fingerprint density at radius 1 is 1.48 bits per heavy atom. The number of rotatable bonds is 5. The maximum Gasteiger partial charge on any atom is 0.222 e. The highest BCUT2D eigenvalue weighted by Crippen LogP contribution is 2.23. The number of aliphatic hydroxyl groups excluding tert-OH is 1. The van der Waals surface area contributed by atoms with Crippen molar-refractivity contribution >= 4 is 5.91 Å². The highest BCUT2D eigenvalue weighted by atomic mass is 16.5. The van der Waals surface area contributed by atoms with Crippen LogP contribution in [0.4, 0.5) is 0 Å². The number of likely N-dealkylation sites (tertiary alicyclic amines) is 1. The first-order valence-corrected chi connectivity index (χ1v) is 7.68. The fourth-order valence-corrected chi connectivity index (χ4v) is 2.93. The molecule has 1 amide bonds. The third-order valence-electron chi connectivity index (χ3n) is 4.03. The largest absolute Gasteiger partial charge is 0.496 e. The van der Waals surface area contributed by atoms with Gasteiger partial charge in [0.05, 0.1) is 13.2 Å². The fraction of sp³-hybridized carbons (Fsp3) is 0.588. The van der Waals surface area contributed by atoms with Gasteiger partial charge in [-0.15, -0.1) is 0 Å². The summed E-state index contributed by atoms with van der Waals surface area (Å²) in [6.07, 6.45) is 2.69. The number of ether oxygens (including phenoxy) is 1. The molecule has 1 aromatic carbocycles. The number of carbonyl (C=O) groups is 1. The Bertz CT molecular complexity index is 475. The number of amides is 1. The molecule has 116 valence electrons. The summed E-state index contributed by atoms with van der Waals surface area (Å²) in [6.45, 7) is 3.35. The molecule has 1 aliphatic heterocycles. The van der Waals surface area contributed by atoms with Gasteiger partial charge in [-0.25, -0.2) is 0 Å². The molecular weight excluding hydrogens is 266 g/mol. The Morgan fingerprint density at radius 3 is 2.95 bits per heavy atom. The van der Waals surface area contributed by atoms with Crippen molar-refractivity contribution in [3.8, 4) is 5.75 Å². The van der Waals surface area contributed by atoms with Crippen LogP contribution in [0.1, 0.15) is 31.7 Å². The smallest absolute Gasteiger partial charge is 0.222 e. The molecule has 0 radical (unpaired) electrons. The van der Waals surface area contributed by atoms with E-state index >= 15 is 0 Å². The summed E-state index contributed by atoms with van der Waals surface area (Å²) in [4.78, 5) is 14.1. The van der Waals surface area contributed by atoms with E-state index < -0.39 is 0 Å². The molecule has 21 heavy (non-hydrogen) atoms. The molecular formula is C17H25NO3. The number of aliphatic hydroxyl groups is 1. The molecule has 1 heterocycles. The highest BCUT2D eigenvalue weighted by Gasteiger charge is 2.23. The number of benzene rings is 1. The Morgan fingerprint density at radius 2 is 2.24 bits per heavy atom. The normalized spacial score (nSPS) is 20.1. The molecule has 1 N–H and O–H groups in total. The van der Waals surface area contributed by atoms with Crippen LogP contribution >= 0.6 is 0 Å². The van der Waals surface area contributed by atoms with E-state index in [9.17, 15) is 9.90 Å². The number of methoxy groups -OCH3 is 1. The zero-order chi connectivity index (χ0) is 15.2. The number of nitrogens with zero attached hydrogens (tertiary/aromatic N) is 1. The SMILES string of the molecule is COc1ccccc1CC(C)CC(=O)N1CCCC(O)C1. The first-order valence-electron chi connectivity index (χ1n) is 7.68. The molecule has 2 rings (SSSR count). The van der Waals surface area contributed by atoms with Gasteiger partial charge in [0.15, 0.2) is 0 Å². The van der Waals surface area contributed by atoms with E-state index in [1.54, 1.807) is 12.0 Å². The molecule has 1 fully saturated rings. The molecule has 1 saturated heterocycles. The van der Waals surface area contributed by atoms with Gasteiger partial charge in [0.25, 0.3) is 0 Å². The van der Waals surface area contributed by atoms with Gasteiger partial charge in [0.2, 0.25) is 5.91 Å². The highest BCUT2D eigenvalue weighted by molar-refractivity contribution is 5.76. The zero-order valence-corrected chi connectivity index (χ0v) is 12.9. The number of hydrogen-bond donors (Lipinski definition) is 1. The number of hydrogen-bond acceptors (Lipinski definition) is 3. The molecule has 0 aliphatic carbocycles. The van der Waals surface area contributed by atoms with E-state index in [4.69, 9.17) is 4.74 Å². The number of β-amino-alcohol motifs (C(OH)–C–C–N with tert-alkyl or cyclic N) is 1. The minimum Gasteiger partial charge on any atom is -0.496 e. The standard InChI is InChI=1S/C17H25NO3/c1-13(10-14-6-3-4-8-16(14)21-2)11-17(20)18-9-5-7-15(19)12-18/h3-4,6,8,13,15,19H,5,7,9-12H2,1-2H3. The minimum atomic E-state index is -0.354. The summed E-state index contributed by atoms with van der Waals surface area (Å²) >= 11 is 0. The summed E-state index contributed by atoms with van der Waals surface area (Å²) in [5.74, 6) is 1.29. The lowest BCUT2D eigenvalue weighted by molar-refractivity contribution is -0.135. The second-order valence-electron chi connectivity index (χ2n) is 5.96. The lowest BCUT2D eigenvalue weighted by atomic mass is 9.96. The Hall–Kier alpha value is -1.55. The predicted octanol–water partition coefficient (Wildman–Crippen LogP) is 2.25. The van der Waals surface area contributed by atoms with Crippen LogP contribution in [-0.4, -0.2) is 42.2 Å². The van der Waals surface area contributed by atoms with E-state index in [0.29, 0.717) is 13.0 Å². The summed E-state index contributed by atoms with van der Waals surface area (Å²) in [5.41, 5.74) is 1.14. The van der Waals surface area contributed by atoms with E-state index in [1.807, 2.05) is 24.3 Å². The molecule has 1 aromatic rings. The maximum absolute atomic E-state index is 12.3. The Labute approximate surface area is 126 Å². The molecule has 0 bridgehead atoms. The minimum absolute atomic E-state index is 0.149. The van der Waals surface area contributed by atoms with Gasteiger partial charge in [-0.05, 0) is 36.8 Å². The van der Waals surface area contributed by atoms with Crippen LogP contribution in [0.15, 0.2) is 24.3 Å². The number of carbonyl (C=O) groups excluding carboxylic acids is 1. The van der Waals surface area contributed by atoms with Gasteiger partial charge in [0, 0.05) is 19.5 Å². The van der Waals surface area contributed by atoms with Crippen LogP contribution in [0.25, 0.3) is 0 Å². The third-order valence-corrected chi connectivity index (χ3v) is 4.03. The van der Waals surface area contributed by atoms with Gasteiger partial charge < -0.3 is 14.7 Å². The van der Waals surface area contributed by atoms with Crippen molar-refractivity contribution in [1.29, 1.82) is 0 Å². The van der Waals surface area contributed by atoms with Crippen molar-refractivity contribution < 1.29 is 14.6 Å². The van der Waals surface area contributed by atoms with Gasteiger partial charge in [0.1, 0.15) is 5.75 Å². The molecule has 1 aliphatic rings. The summed E-state index contributed by atoms with van der Waals surface area (Å²) in [7, 11) is 1.67. The average Bonchev–Trinajstić information content (AvgIpc) is 2.47. The second kappa shape index (κ2) is 7.46. The van der Waals surface area contributed by atoms with Crippen LogP contribution in [0.3, 0.4) is 0 Å². The van der Waals surface area contributed by atoms with Crippen LogP contribution in [0, 0.1) is 5.92 Å². The van der Waals surface area contributed by atoms with Crippen LogP contribution in [0.5, 0.6) is 5.75 Å². The molecule has 2 atom stereocenters. The summed E-state index contributed by atoms with van der Waals surface area (Å²) in [6, 6.07) is 7.94. The van der Waals surface area contributed by atoms with Crippen molar-refractivity contribution in [1.82, 2.24) is 4.90 Å². The zero-order valence-electron chi connectivity index (χ0n) is 12.9. The molecule has 2 unspecified atom stereocenters. The van der Waals surface area contributed by atoms with Crippen LogP contribution in [-0.2, 0) is 11.2 Å². The topological polar surface area (TPSA) is 49.8 Å². The average molecular weight is 291 g/mol. The maximum atomic E-state index is 12.3. The summed E-state index contributed by atoms with van der Waals surface area (Å²) < 4.78 is 5.35. The lowest BCUT2D eigenvalue weighted by Gasteiger charge is -2.31. The second-order valence-corrected chi connectivity index (χ2v) is 5.96. The molecule has 0 saturated carbocycles. The van der Waals surface area contributed by atoms with E-state index in [0.717, 1.165) is 37.1 Å². The summed E-state index contributed by atoms with van der Waals surface area (Å²) in [5, 5.41) is 9.66. The van der Waals surface area contributed by atoms with Crippen molar-refractivity contribution in [3.63, 3.8) is 0 Å². The van der Waals surface area contributed by atoms with E-state index in [-0.39, 0.29) is 17.9 Å². The van der Waals surface area contributed by atoms with Crippen molar-refractivity contribution in [2.24, 2.45) is 5.92 Å². The number of piperidine rings is 1. The van der Waals surface area contributed by atoms with Crippen molar-refractivity contribution in [3.05, 3.63) is 29.8 Å². The fourth-order valence-electron chi connectivity index (χ4n) is 2.93. The van der Waals surface area contributed by atoms with Gasteiger partial charge in [-0.1, -0.05) is 25.1 Å². The molecule has 4 heteroatoms. The van der Waals surface area contributed by atoms with Crippen molar-refractivity contribution in [2.75, 3.05) is 20.2 Å². The Kier molecular flexibility index (Phi) is 5.62. The van der Waals surface area contributed by atoms with Crippen molar-refractivity contribution in [2.45, 2.75) is 38.7 Å². The van der Waals surface area contributed by atoms with Gasteiger partial charge in [-0.2, -0.15) is 0 Å². The lowest BCUT2D eigenvalue weighted by Crippen LogP contribution is -2.42. The van der Waals surface area contributed by atoms with Crippen LogP contribution in [0.2, 0.25) is 0 Å². The quantitative estimate of drug-likeness (QED) is 0.905. The van der Waals surface area contributed by atoms with E-state index in [1.165, 1.54) is 0 Å². The predicted molar refractivity (Wildman–Crippen MR) is 82.3 cm³/mol. The first-order chi connectivity index (χ1) is 10.1. The Balaban J connectivity index is 1.89. The molecule has 0 spiro atoms. The van der Waals surface area contributed by atoms with E-state index in [2.05, 4.69) is 6.92 Å². The first kappa shape index (κ1) is 15.8.